The van der Waals surface area contributed by atoms with E-state index in [0.717, 1.165) is 0 Å². The minimum Gasteiger partial charge on any atom is -0.383 e. The van der Waals surface area contributed by atoms with E-state index in [9.17, 15) is 4.79 Å². The second kappa shape index (κ2) is 5.04. The third-order valence-electron chi connectivity index (χ3n) is 0.849. The van der Waals surface area contributed by atoms with Gasteiger partial charge in [0.1, 0.15) is 0 Å². The molecule has 0 aliphatic carbocycles. The van der Waals surface area contributed by atoms with Crippen LogP contribution in [0.1, 0.15) is 0 Å². The predicted octanol–water partition coefficient (Wildman–Crippen LogP) is 1.12. The van der Waals surface area contributed by atoms with Crippen molar-refractivity contribution >= 4 is 40.7 Å². The van der Waals surface area contributed by atoms with E-state index >= 15 is 0 Å². The van der Waals surface area contributed by atoms with Crippen LogP contribution in [0.25, 0.3) is 0 Å². The summed E-state index contributed by atoms with van der Waals surface area (Å²) in [5.74, 6) is -0.639. The van der Waals surface area contributed by atoms with Crippen molar-refractivity contribution in [2.45, 2.75) is 3.79 Å². The molecule has 0 aliphatic rings. The van der Waals surface area contributed by atoms with Crippen LogP contribution in [0.2, 0.25) is 0 Å². The van der Waals surface area contributed by atoms with Gasteiger partial charge in [-0.2, -0.15) is 0 Å². The van der Waals surface area contributed by atoms with Crippen molar-refractivity contribution in [3.63, 3.8) is 0 Å². The van der Waals surface area contributed by atoms with E-state index in [1.165, 1.54) is 7.11 Å². The molecule has 0 spiro atoms. The van der Waals surface area contributed by atoms with E-state index in [2.05, 4.69) is 10.1 Å². The first-order chi connectivity index (χ1) is 4.98. The second-order valence-corrected chi connectivity index (χ2v) is 4.03. The van der Waals surface area contributed by atoms with Crippen LogP contribution >= 0.6 is 34.8 Å². The number of methoxy groups -OCH3 is 1. The molecule has 0 aromatic carbocycles. The Hall–Kier alpha value is 0.300. The van der Waals surface area contributed by atoms with Crippen LogP contribution in [-0.2, 0) is 9.53 Å². The van der Waals surface area contributed by atoms with Gasteiger partial charge < -0.3 is 10.1 Å². The maximum absolute atomic E-state index is 10.8. The highest BCUT2D eigenvalue weighted by Crippen LogP contribution is 2.25. The highest BCUT2D eigenvalue weighted by molar-refractivity contribution is 6.76. The maximum Gasteiger partial charge on any atom is 0.272 e. The predicted molar refractivity (Wildman–Crippen MR) is 45.2 cm³/mol. The average molecular weight is 220 g/mol. The number of carbonyl (C=O) groups is 1. The van der Waals surface area contributed by atoms with Crippen LogP contribution in [0.15, 0.2) is 0 Å². The Morgan fingerprint density at radius 2 is 2.09 bits per heavy atom. The molecule has 0 aromatic rings. The first kappa shape index (κ1) is 11.3. The topological polar surface area (TPSA) is 38.3 Å². The van der Waals surface area contributed by atoms with Crippen molar-refractivity contribution in [3.8, 4) is 0 Å². The van der Waals surface area contributed by atoms with Gasteiger partial charge in [-0.3, -0.25) is 4.79 Å². The number of hydrogen-bond acceptors (Lipinski definition) is 2. The fraction of sp³-hybridized carbons (Fsp3) is 0.800. The third kappa shape index (κ3) is 5.56. The third-order valence-corrected chi connectivity index (χ3v) is 1.36. The molecule has 0 atom stereocenters. The van der Waals surface area contributed by atoms with E-state index in [1.807, 2.05) is 0 Å². The zero-order chi connectivity index (χ0) is 8.91. The molecule has 0 fully saturated rings. The summed E-state index contributed by atoms with van der Waals surface area (Å²) in [6.07, 6.45) is 0. The number of nitrogens with one attached hydrogen (secondary N) is 1. The molecule has 0 aliphatic heterocycles. The molecule has 0 heterocycles. The standard InChI is InChI=1S/C5H8Cl3NO2/c1-11-3-2-9-4(10)5(6,7)8/h2-3H2,1H3,(H,9,10). The summed E-state index contributed by atoms with van der Waals surface area (Å²) in [7, 11) is 1.52. The Balaban J connectivity index is 3.54. The summed E-state index contributed by atoms with van der Waals surface area (Å²) in [6.45, 7) is 0.732. The second-order valence-electron chi connectivity index (χ2n) is 1.75. The van der Waals surface area contributed by atoms with Crippen molar-refractivity contribution in [2.24, 2.45) is 0 Å². The lowest BCUT2D eigenvalue weighted by Crippen LogP contribution is -2.36. The highest BCUT2D eigenvalue weighted by atomic mass is 35.6. The van der Waals surface area contributed by atoms with Crippen molar-refractivity contribution in [1.82, 2.24) is 5.32 Å². The lowest BCUT2D eigenvalue weighted by Gasteiger charge is -2.10. The molecule has 3 nitrogen and oxygen atoms in total. The zero-order valence-corrected chi connectivity index (χ0v) is 8.13. The molecule has 0 radical (unpaired) electrons. The molecule has 0 unspecified atom stereocenters. The van der Waals surface area contributed by atoms with Gasteiger partial charge in [0.05, 0.1) is 6.61 Å². The number of carbonyl (C=O) groups excluding carboxylic acids is 1. The first-order valence-electron chi connectivity index (χ1n) is 2.82. The van der Waals surface area contributed by atoms with Crippen LogP contribution in [0.4, 0.5) is 0 Å². The smallest absolute Gasteiger partial charge is 0.272 e. The number of ether oxygens (including phenoxy) is 1. The van der Waals surface area contributed by atoms with Gasteiger partial charge >= 0.3 is 0 Å². The fourth-order valence-corrected chi connectivity index (χ4v) is 0.567. The largest absolute Gasteiger partial charge is 0.383 e. The van der Waals surface area contributed by atoms with Crippen molar-refractivity contribution in [1.29, 1.82) is 0 Å². The summed E-state index contributed by atoms with van der Waals surface area (Å²) >= 11 is 15.7. The number of alkyl halides is 3. The van der Waals surface area contributed by atoms with E-state index in [0.29, 0.717) is 13.2 Å². The normalized spacial score (nSPS) is 11.3. The Bertz CT molecular complexity index is 134. The summed E-state index contributed by atoms with van der Waals surface area (Å²) in [6, 6.07) is 0. The van der Waals surface area contributed by atoms with Gasteiger partial charge in [-0.15, -0.1) is 0 Å². The Kier molecular flexibility index (Phi) is 5.17. The monoisotopic (exact) mass is 219 g/mol. The minimum atomic E-state index is -1.88. The summed E-state index contributed by atoms with van der Waals surface area (Å²) < 4.78 is 2.78. The Morgan fingerprint density at radius 3 is 2.45 bits per heavy atom. The number of amides is 1. The molecule has 0 saturated heterocycles. The van der Waals surface area contributed by atoms with Crippen LogP contribution in [0, 0.1) is 0 Å². The van der Waals surface area contributed by atoms with Gasteiger partial charge in [0.2, 0.25) is 0 Å². The number of rotatable bonds is 3. The number of halogens is 3. The van der Waals surface area contributed by atoms with Gasteiger partial charge in [0.15, 0.2) is 0 Å². The molecule has 0 rings (SSSR count). The zero-order valence-electron chi connectivity index (χ0n) is 5.86. The van der Waals surface area contributed by atoms with Gasteiger partial charge in [-0.1, -0.05) is 34.8 Å². The lowest BCUT2D eigenvalue weighted by molar-refractivity contribution is -0.120. The molecule has 1 N–H and O–H groups in total. The highest BCUT2D eigenvalue weighted by Gasteiger charge is 2.29. The Morgan fingerprint density at radius 1 is 1.55 bits per heavy atom. The molecule has 0 bridgehead atoms. The van der Waals surface area contributed by atoms with Crippen LogP contribution in [0.5, 0.6) is 0 Å². The van der Waals surface area contributed by atoms with E-state index < -0.39 is 9.70 Å². The number of hydrogen-bond donors (Lipinski definition) is 1. The Labute approximate surface area is 79.9 Å². The molecule has 0 aromatic heterocycles. The summed E-state index contributed by atoms with van der Waals surface area (Å²) in [5.41, 5.74) is 0. The van der Waals surface area contributed by atoms with Crippen LogP contribution in [0.3, 0.4) is 0 Å². The molecular weight excluding hydrogens is 212 g/mol. The molecule has 11 heavy (non-hydrogen) atoms. The molecule has 0 saturated carbocycles. The van der Waals surface area contributed by atoms with E-state index in [1.54, 1.807) is 0 Å². The SMILES string of the molecule is COCCNC(=O)C(Cl)(Cl)Cl. The average Bonchev–Trinajstić information content (AvgIpc) is 1.86. The minimum absolute atomic E-state index is 0.337. The maximum atomic E-state index is 10.8. The fourth-order valence-electron chi connectivity index (χ4n) is 0.367. The molecule has 1 amide bonds. The summed E-state index contributed by atoms with van der Waals surface area (Å²) in [4.78, 5) is 10.8. The van der Waals surface area contributed by atoms with Crippen molar-refractivity contribution in [3.05, 3.63) is 0 Å². The van der Waals surface area contributed by atoms with Gasteiger partial charge in [0.25, 0.3) is 9.70 Å². The van der Waals surface area contributed by atoms with Crippen molar-refractivity contribution in [2.75, 3.05) is 20.3 Å². The molecule has 6 heteroatoms. The van der Waals surface area contributed by atoms with Gasteiger partial charge in [-0.25, -0.2) is 0 Å². The van der Waals surface area contributed by atoms with Crippen LogP contribution < -0.4 is 5.32 Å². The van der Waals surface area contributed by atoms with Crippen LogP contribution in [-0.4, -0.2) is 30.0 Å². The van der Waals surface area contributed by atoms with Crippen molar-refractivity contribution < 1.29 is 9.53 Å². The van der Waals surface area contributed by atoms with Gasteiger partial charge in [0, 0.05) is 13.7 Å². The quantitative estimate of drug-likeness (QED) is 0.572. The lowest BCUT2D eigenvalue weighted by atomic mass is 10.6. The van der Waals surface area contributed by atoms with E-state index in [4.69, 9.17) is 34.8 Å². The molecule has 66 valence electrons. The molecular formula is C5H8Cl3NO2. The van der Waals surface area contributed by atoms with E-state index in [-0.39, 0.29) is 0 Å². The first-order valence-corrected chi connectivity index (χ1v) is 3.96. The van der Waals surface area contributed by atoms with Gasteiger partial charge in [-0.05, 0) is 0 Å². The summed E-state index contributed by atoms with van der Waals surface area (Å²) in [5, 5.41) is 2.36.